The third-order valence-electron chi connectivity index (χ3n) is 3.15. The maximum Gasteiger partial charge on any atom is 0.534 e. The molecule has 0 unspecified atom stereocenters. The summed E-state index contributed by atoms with van der Waals surface area (Å²) in [5, 5.41) is 25.0. The van der Waals surface area contributed by atoms with Crippen LogP contribution in [0.2, 0.25) is 0 Å². The van der Waals surface area contributed by atoms with E-state index in [0.29, 0.717) is 0 Å². The maximum absolute atomic E-state index is 12.1. The molecule has 5 N–H and O–H groups in total. The predicted molar refractivity (Wildman–Crippen MR) is 99.3 cm³/mol. The molecule has 1 rings (SSSR count). The Labute approximate surface area is 163 Å². The molecule has 1 aromatic rings. The second kappa shape index (κ2) is 10.5. The zero-order valence-corrected chi connectivity index (χ0v) is 16.9. The summed E-state index contributed by atoms with van der Waals surface area (Å²) < 4.78 is 61.7. The fourth-order valence-corrected chi connectivity index (χ4v) is 1.79. The second-order valence-corrected chi connectivity index (χ2v) is 8.13. The molecule has 0 spiro atoms. The van der Waals surface area contributed by atoms with Gasteiger partial charge in [-0.2, -0.15) is 35.1 Å². The minimum absolute atomic E-state index is 0. The summed E-state index contributed by atoms with van der Waals surface area (Å²) in [6.45, 7) is 4.57. The number of benzene rings is 1. The smallest absolute Gasteiger partial charge is 0.394 e. The Hall–Kier alpha value is -1.05. The average molecular weight is 438 g/mol. The zero-order chi connectivity index (χ0) is 20.8. The molecule has 0 atom stereocenters. The van der Waals surface area contributed by atoms with Crippen molar-refractivity contribution in [1.82, 2.24) is 0 Å². The molecular weight excluding hydrogens is 411 g/mol. The first-order valence-corrected chi connectivity index (χ1v) is 8.75. The molecule has 0 saturated heterocycles. The quantitative estimate of drug-likeness (QED) is 0.399. The first kappa shape index (κ1) is 28.2. The largest absolute Gasteiger partial charge is 0.534 e. The molecule has 7 nitrogen and oxygen atoms in total. The average Bonchev–Trinajstić information content (AvgIpc) is 2.53. The van der Waals surface area contributed by atoms with Gasteiger partial charge in [0.05, 0.1) is 25.4 Å². The third-order valence-corrected chi connectivity index (χ3v) is 4.13. The van der Waals surface area contributed by atoms with E-state index >= 15 is 0 Å². The Bertz CT molecular complexity index is 645. The van der Waals surface area contributed by atoms with Crippen molar-refractivity contribution in [2.75, 3.05) is 19.8 Å². The Kier molecular flexibility index (Phi) is 10.9. The number of rotatable bonds is 5. The summed E-state index contributed by atoms with van der Waals surface area (Å²) in [4.78, 5) is 0. The summed E-state index contributed by atoms with van der Waals surface area (Å²) >= 11 is 0. The minimum atomic E-state index is -5.60. The Balaban J connectivity index is 0. The van der Waals surface area contributed by atoms with Crippen molar-refractivity contribution in [2.45, 2.75) is 37.2 Å². The van der Waals surface area contributed by atoms with E-state index < -0.39 is 41.0 Å². The first-order chi connectivity index (χ1) is 11.6. The number of nitrogens with two attached hydrogens (primary N) is 1. The highest BCUT2D eigenvalue weighted by Gasteiger charge is 2.48. The zero-order valence-electron chi connectivity index (χ0n) is 15.1. The number of halogens is 3. The van der Waals surface area contributed by atoms with Crippen LogP contribution in [0.4, 0.5) is 13.2 Å². The maximum atomic E-state index is 12.1. The van der Waals surface area contributed by atoms with Crippen LogP contribution in [-0.2, 0) is 15.5 Å². The molecule has 0 aliphatic rings. The molecule has 0 fully saturated rings. The Morgan fingerprint density at radius 2 is 1.33 bits per heavy atom. The molecule has 160 valence electrons. The van der Waals surface area contributed by atoms with Crippen LogP contribution >= 0.6 is 13.5 Å². The van der Waals surface area contributed by atoms with Crippen molar-refractivity contribution in [3.05, 3.63) is 29.8 Å². The van der Waals surface area contributed by atoms with Crippen molar-refractivity contribution in [1.29, 1.82) is 0 Å². The number of alkyl halides is 3. The minimum Gasteiger partial charge on any atom is -0.394 e. The van der Waals surface area contributed by atoms with E-state index in [1.165, 1.54) is 24.3 Å². The van der Waals surface area contributed by atoms with E-state index in [2.05, 4.69) is 4.18 Å². The van der Waals surface area contributed by atoms with Crippen molar-refractivity contribution in [2.24, 2.45) is 5.73 Å². The van der Waals surface area contributed by atoms with Crippen LogP contribution in [0.25, 0.3) is 0 Å². The van der Waals surface area contributed by atoms with Gasteiger partial charge in [-0.25, -0.2) is 0 Å². The molecule has 0 aliphatic heterocycles. The first-order valence-electron chi connectivity index (χ1n) is 7.34. The molecule has 12 heteroatoms. The lowest BCUT2D eigenvalue weighted by atomic mass is 9.87. The third kappa shape index (κ3) is 9.12. The van der Waals surface area contributed by atoms with Gasteiger partial charge >= 0.3 is 15.6 Å². The van der Waals surface area contributed by atoms with Gasteiger partial charge in [0.1, 0.15) is 5.75 Å². The lowest BCUT2D eigenvalue weighted by molar-refractivity contribution is -0.0500. The molecule has 0 heterocycles. The Morgan fingerprint density at radius 1 is 0.963 bits per heavy atom. The van der Waals surface area contributed by atoms with Crippen molar-refractivity contribution < 1.29 is 41.1 Å². The molecular formula is C15H26F3NO6S2. The fraction of sp³-hybridized carbons (Fsp3) is 0.600. The summed E-state index contributed by atoms with van der Waals surface area (Å²) in [6.07, 6.45) is 0. The predicted octanol–water partition coefficient (Wildman–Crippen LogP) is 0.986. The monoisotopic (exact) mass is 437 g/mol. The molecule has 27 heavy (non-hydrogen) atoms. The van der Waals surface area contributed by atoms with Crippen molar-refractivity contribution >= 4 is 23.6 Å². The number of hydrogen-bond donors (Lipinski definition) is 4. The summed E-state index contributed by atoms with van der Waals surface area (Å²) in [5.74, 6) is -0.361. The topological polar surface area (TPSA) is 130 Å². The van der Waals surface area contributed by atoms with E-state index in [1.54, 1.807) is 0 Å². The van der Waals surface area contributed by atoms with Gasteiger partial charge in [-0.3, -0.25) is 0 Å². The van der Waals surface area contributed by atoms with Crippen LogP contribution in [-0.4, -0.2) is 54.6 Å². The van der Waals surface area contributed by atoms with E-state index in [4.69, 9.17) is 21.1 Å². The lowest BCUT2D eigenvalue weighted by Gasteiger charge is -2.20. The molecule has 0 aromatic heterocycles. The molecule has 0 amide bonds. The van der Waals surface area contributed by atoms with Crippen LogP contribution in [0.5, 0.6) is 5.75 Å². The van der Waals surface area contributed by atoms with E-state index in [-0.39, 0.29) is 24.7 Å². The van der Waals surface area contributed by atoms with Gasteiger partial charge in [-0.05, 0) is 23.1 Å². The second-order valence-electron chi connectivity index (χ2n) is 6.59. The number of aliphatic hydroxyl groups excluding tert-OH is 3. The van der Waals surface area contributed by atoms with Gasteiger partial charge in [0.2, 0.25) is 0 Å². The molecule has 0 aliphatic carbocycles. The molecule has 1 aromatic carbocycles. The van der Waals surface area contributed by atoms with Gasteiger partial charge in [0.25, 0.3) is 0 Å². The van der Waals surface area contributed by atoms with Crippen molar-refractivity contribution in [3.63, 3.8) is 0 Å². The normalized spacial score (nSPS) is 12.5. The van der Waals surface area contributed by atoms with Crippen LogP contribution in [0.1, 0.15) is 26.3 Å². The molecule has 0 radical (unpaired) electrons. The summed E-state index contributed by atoms with van der Waals surface area (Å²) in [6, 6.07) is 5.45. The number of aliphatic hydroxyl groups is 3. The van der Waals surface area contributed by atoms with E-state index in [9.17, 15) is 21.6 Å². The highest BCUT2D eigenvalue weighted by atomic mass is 32.2. The fourth-order valence-electron chi connectivity index (χ4n) is 1.33. The van der Waals surface area contributed by atoms with Gasteiger partial charge in [-0.1, -0.05) is 32.9 Å². The molecule has 0 saturated carbocycles. The van der Waals surface area contributed by atoms with E-state index in [1.807, 2.05) is 20.8 Å². The van der Waals surface area contributed by atoms with Gasteiger partial charge in [0, 0.05) is 0 Å². The van der Waals surface area contributed by atoms with Crippen LogP contribution < -0.4 is 9.92 Å². The SMILES string of the molecule is CC(C)(C)c1ccc(OS(=O)(=O)C(F)(F)F)cc1.NC(CO)(CO)CO.S. The highest BCUT2D eigenvalue weighted by Crippen LogP contribution is 2.29. The number of hydrogen-bond acceptors (Lipinski definition) is 7. The molecule has 0 bridgehead atoms. The highest BCUT2D eigenvalue weighted by molar-refractivity contribution is 7.88. The summed E-state index contributed by atoms with van der Waals surface area (Å²) in [7, 11) is -5.60. The lowest BCUT2D eigenvalue weighted by Crippen LogP contribution is -2.50. The van der Waals surface area contributed by atoms with Gasteiger partial charge in [-0.15, -0.1) is 0 Å². The van der Waals surface area contributed by atoms with Gasteiger partial charge < -0.3 is 25.2 Å². The Morgan fingerprint density at radius 3 is 1.56 bits per heavy atom. The van der Waals surface area contributed by atoms with Crippen LogP contribution in [0.15, 0.2) is 24.3 Å². The van der Waals surface area contributed by atoms with Gasteiger partial charge in [0.15, 0.2) is 0 Å². The van der Waals surface area contributed by atoms with Crippen LogP contribution in [0.3, 0.4) is 0 Å². The van der Waals surface area contributed by atoms with Crippen molar-refractivity contribution in [3.8, 4) is 5.75 Å². The van der Waals surface area contributed by atoms with Crippen LogP contribution in [0, 0.1) is 0 Å². The van der Waals surface area contributed by atoms with E-state index in [0.717, 1.165) is 5.56 Å². The standard InChI is InChI=1S/C11H13F3O3S.C4H11NO3.H2S/c1-10(2,3)8-4-6-9(7-5-8)17-18(15,16)11(12,13)14;5-4(1-6,2-7)3-8;/h4-7H,1-3H3;6-8H,1-3,5H2;1H2. The summed E-state index contributed by atoms with van der Waals surface area (Å²) in [5.41, 5.74) is -0.802.